The quantitative estimate of drug-likeness (QED) is 0.414. The van der Waals surface area contributed by atoms with E-state index in [9.17, 15) is 0 Å². The molecule has 2 atom stereocenters. The normalized spacial score (nSPS) is 19.2. The monoisotopic (exact) mass is 333 g/mol. The van der Waals surface area contributed by atoms with Crippen LogP contribution in [0.4, 0.5) is 0 Å². The third-order valence-electron chi connectivity index (χ3n) is 4.09. The van der Waals surface area contributed by atoms with Gasteiger partial charge in [0.2, 0.25) is 0 Å². The lowest BCUT2D eigenvalue weighted by Gasteiger charge is -2.14. The van der Waals surface area contributed by atoms with E-state index < -0.39 is 0 Å². The summed E-state index contributed by atoms with van der Waals surface area (Å²) < 4.78 is 11.1. The van der Waals surface area contributed by atoms with Crippen LogP contribution in [0.1, 0.15) is 38.2 Å². The molecule has 0 bridgehead atoms. The highest BCUT2D eigenvalue weighted by Gasteiger charge is 2.15. The molecular weight excluding hydrogens is 302 g/mol. The van der Waals surface area contributed by atoms with Crippen molar-refractivity contribution in [3.05, 3.63) is 35.9 Å². The third kappa shape index (κ3) is 6.89. The van der Waals surface area contributed by atoms with Crippen LogP contribution in [0, 0.1) is 0 Å². The maximum Gasteiger partial charge on any atom is 0.191 e. The van der Waals surface area contributed by atoms with E-state index >= 15 is 0 Å². The van der Waals surface area contributed by atoms with E-state index in [2.05, 4.69) is 48.7 Å². The highest BCUT2D eigenvalue weighted by Crippen LogP contribution is 2.14. The van der Waals surface area contributed by atoms with Crippen LogP contribution in [0.25, 0.3) is 0 Å². The predicted octanol–water partition coefficient (Wildman–Crippen LogP) is 2.54. The SMILES string of the molecule is CCNC(=NCC(C)c1ccccc1)NCCCOC1CCOC1. The Bertz CT molecular complexity index is 473. The zero-order valence-corrected chi connectivity index (χ0v) is 15.0. The first kappa shape index (κ1) is 18.7. The van der Waals surface area contributed by atoms with Crippen LogP contribution in [0.15, 0.2) is 35.3 Å². The van der Waals surface area contributed by atoms with Gasteiger partial charge in [0.25, 0.3) is 0 Å². The van der Waals surface area contributed by atoms with Crippen molar-refractivity contribution in [2.24, 2.45) is 4.99 Å². The summed E-state index contributed by atoms with van der Waals surface area (Å²) in [7, 11) is 0. The summed E-state index contributed by atoms with van der Waals surface area (Å²) in [6.45, 7) is 9.13. The molecular formula is C19H31N3O2. The van der Waals surface area contributed by atoms with Crippen molar-refractivity contribution in [2.75, 3.05) is 39.5 Å². The van der Waals surface area contributed by atoms with Crippen LogP contribution in [0.5, 0.6) is 0 Å². The highest BCUT2D eigenvalue weighted by molar-refractivity contribution is 5.79. The zero-order valence-electron chi connectivity index (χ0n) is 15.0. The highest BCUT2D eigenvalue weighted by atomic mass is 16.5. The second-order valence-electron chi connectivity index (χ2n) is 6.17. The fraction of sp³-hybridized carbons (Fsp3) is 0.632. The summed E-state index contributed by atoms with van der Waals surface area (Å²) >= 11 is 0. The Balaban J connectivity index is 1.67. The Kier molecular flexibility index (Phi) is 8.63. The Morgan fingerprint density at radius 2 is 2.17 bits per heavy atom. The Hall–Kier alpha value is -1.59. The molecule has 5 heteroatoms. The first-order chi connectivity index (χ1) is 11.8. The van der Waals surface area contributed by atoms with Gasteiger partial charge in [-0.3, -0.25) is 4.99 Å². The van der Waals surface area contributed by atoms with E-state index in [1.54, 1.807) is 0 Å². The van der Waals surface area contributed by atoms with Crippen LogP contribution in [0.2, 0.25) is 0 Å². The van der Waals surface area contributed by atoms with Crippen molar-refractivity contribution >= 4 is 5.96 Å². The molecule has 0 saturated carbocycles. The third-order valence-corrected chi connectivity index (χ3v) is 4.09. The summed E-state index contributed by atoms with van der Waals surface area (Å²) in [5, 5.41) is 6.68. The summed E-state index contributed by atoms with van der Waals surface area (Å²) in [6.07, 6.45) is 2.28. The molecule has 1 heterocycles. The average Bonchev–Trinajstić information content (AvgIpc) is 3.13. The number of hydrogen-bond donors (Lipinski definition) is 2. The fourth-order valence-electron chi connectivity index (χ4n) is 2.63. The van der Waals surface area contributed by atoms with Gasteiger partial charge < -0.3 is 20.1 Å². The van der Waals surface area contributed by atoms with E-state index in [1.807, 2.05) is 6.07 Å². The van der Waals surface area contributed by atoms with Gasteiger partial charge in [-0.15, -0.1) is 0 Å². The smallest absolute Gasteiger partial charge is 0.191 e. The van der Waals surface area contributed by atoms with Crippen molar-refractivity contribution in [3.63, 3.8) is 0 Å². The molecule has 1 aromatic rings. The van der Waals surface area contributed by atoms with Gasteiger partial charge in [0.1, 0.15) is 0 Å². The lowest BCUT2D eigenvalue weighted by Crippen LogP contribution is -2.38. The van der Waals surface area contributed by atoms with E-state index in [0.29, 0.717) is 12.0 Å². The number of ether oxygens (including phenoxy) is 2. The number of nitrogens with zero attached hydrogens (tertiary/aromatic N) is 1. The summed E-state index contributed by atoms with van der Waals surface area (Å²) in [6, 6.07) is 10.5. The molecule has 2 N–H and O–H groups in total. The Morgan fingerprint density at radius 1 is 1.33 bits per heavy atom. The molecule has 0 amide bonds. The van der Waals surface area contributed by atoms with Crippen molar-refractivity contribution in [3.8, 4) is 0 Å². The van der Waals surface area contributed by atoms with Gasteiger partial charge in [-0.25, -0.2) is 0 Å². The second kappa shape index (κ2) is 11.0. The van der Waals surface area contributed by atoms with E-state index in [-0.39, 0.29) is 0 Å². The van der Waals surface area contributed by atoms with E-state index in [0.717, 1.165) is 58.3 Å². The maximum absolute atomic E-state index is 5.78. The van der Waals surface area contributed by atoms with Crippen LogP contribution in [0.3, 0.4) is 0 Å². The minimum absolute atomic E-state index is 0.290. The van der Waals surface area contributed by atoms with Crippen molar-refractivity contribution in [1.29, 1.82) is 0 Å². The minimum atomic E-state index is 0.290. The fourth-order valence-corrected chi connectivity index (χ4v) is 2.63. The van der Waals surface area contributed by atoms with Crippen LogP contribution >= 0.6 is 0 Å². The zero-order chi connectivity index (χ0) is 17.0. The second-order valence-corrected chi connectivity index (χ2v) is 6.17. The molecule has 5 nitrogen and oxygen atoms in total. The lowest BCUT2D eigenvalue weighted by molar-refractivity contribution is 0.0420. The standard InChI is InChI=1S/C19H31N3O2/c1-3-20-19(21-11-7-12-24-18-10-13-23-15-18)22-14-16(2)17-8-5-4-6-9-17/h4-6,8-9,16,18H,3,7,10-15H2,1-2H3,(H2,20,21,22). The molecule has 1 aliphatic heterocycles. The van der Waals surface area contributed by atoms with Crippen molar-refractivity contribution in [2.45, 2.75) is 38.7 Å². The first-order valence-corrected chi connectivity index (χ1v) is 9.06. The summed E-state index contributed by atoms with van der Waals surface area (Å²) in [5.41, 5.74) is 1.32. The number of benzene rings is 1. The molecule has 2 unspecified atom stereocenters. The molecule has 0 aromatic heterocycles. The van der Waals surface area contributed by atoms with Gasteiger partial charge in [0.15, 0.2) is 5.96 Å². The number of hydrogen-bond acceptors (Lipinski definition) is 3. The van der Waals surface area contributed by atoms with Gasteiger partial charge in [0.05, 0.1) is 12.7 Å². The van der Waals surface area contributed by atoms with Crippen molar-refractivity contribution < 1.29 is 9.47 Å². The Labute approximate surface area is 145 Å². The molecule has 2 rings (SSSR count). The molecule has 0 aliphatic carbocycles. The van der Waals surface area contributed by atoms with E-state index in [1.165, 1.54) is 5.56 Å². The molecule has 24 heavy (non-hydrogen) atoms. The lowest BCUT2D eigenvalue weighted by atomic mass is 10.0. The number of nitrogens with one attached hydrogen (secondary N) is 2. The molecule has 0 radical (unpaired) electrons. The van der Waals surface area contributed by atoms with Crippen LogP contribution in [-0.4, -0.2) is 51.5 Å². The Morgan fingerprint density at radius 3 is 2.88 bits per heavy atom. The van der Waals surface area contributed by atoms with Gasteiger partial charge in [-0.2, -0.15) is 0 Å². The molecule has 1 fully saturated rings. The van der Waals surface area contributed by atoms with Crippen molar-refractivity contribution in [1.82, 2.24) is 10.6 Å². The number of rotatable bonds is 9. The number of aliphatic imine (C=N–C) groups is 1. The molecule has 1 aliphatic rings. The maximum atomic E-state index is 5.78. The molecule has 0 spiro atoms. The summed E-state index contributed by atoms with van der Waals surface area (Å²) in [5.74, 6) is 1.29. The largest absolute Gasteiger partial charge is 0.379 e. The predicted molar refractivity (Wildman–Crippen MR) is 98.6 cm³/mol. The molecule has 1 aromatic carbocycles. The summed E-state index contributed by atoms with van der Waals surface area (Å²) in [4.78, 5) is 4.70. The van der Waals surface area contributed by atoms with Gasteiger partial charge in [-0.05, 0) is 25.3 Å². The average molecular weight is 333 g/mol. The van der Waals surface area contributed by atoms with Gasteiger partial charge >= 0.3 is 0 Å². The van der Waals surface area contributed by atoms with E-state index in [4.69, 9.17) is 14.5 Å². The van der Waals surface area contributed by atoms with Gasteiger partial charge in [-0.1, -0.05) is 37.3 Å². The topological polar surface area (TPSA) is 54.9 Å². The van der Waals surface area contributed by atoms with Crippen LogP contribution in [-0.2, 0) is 9.47 Å². The first-order valence-electron chi connectivity index (χ1n) is 9.06. The molecule has 134 valence electrons. The molecule has 1 saturated heterocycles. The minimum Gasteiger partial charge on any atom is -0.379 e. The number of guanidine groups is 1. The van der Waals surface area contributed by atoms with Gasteiger partial charge in [0, 0.05) is 38.8 Å². The van der Waals surface area contributed by atoms with Crippen LogP contribution < -0.4 is 10.6 Å².